The number of fused-ring (bicyclic) bond motifs is 12. The number of anilines is 6. The van der Waals surface area contributed by atoms with Crippen molar-refractivity contribution < 1.29 is 0 Å². The van der Waals surface area contributed by atoms with E-state index in [2.05, 4.69) is 256 Å². The Labute approximate surface area is 438 Å². The van der Waals surface area contributed by atoms with Crippen LogP contribution in [0, 0.1) is 0 Å². The molecule has 2 aliphatic rings. The Bertz CT molecular complexity index is 4700. The van der Waals surface area contributed by atoms with Gasteiger partial charge >= 0.3 is 0 Å². The Kier molecular flexibility index (Phi) is 8.65. The van der Waals surface area contributed by atoms with Crippen molar-refractivity contribution in [3.05, 3.63) is 241 Å². The van der Waals surface area contributed by atoms with Crippen LogP contribution in [0.25, 0.3) is 94.9 Å². The molecule has 350 valence electrons. The van der Waals surface area contributed by atoms with E-state index in [0.717, 1.165) is 0 Å². The van der Waals surface area contributed by atoms with Crippen molar-refractivity contribution in [2.24, 2.45) is 0 Å². The first-order valence-corrected chi connectivity index (χ1v) is 27.5. The lowest BCUT2D eigenvalue weighted by Gasteiger charge is -2.32. The Balaban J connectivity index is 1.00. The van der Waals surface area contributed by atoms with Gasteiger partial charge in [-0.05, 0) is 110 Å². The van der Waals surface area contributed by atoms with E-state index in [9.17, 15) is 0 Å². The van der Waals surface area contributed by atoms with Gasteiger partial charge in [-0.2, -0.15) is 0 Å². The number of nitrogens with zero attached hydrogens (tertiary/aromatic N) is 2. The number of hydrogen-bond donors (Lipinski definition) is 0. The summed E-state index contributed by atoms with van der Waals surface area (Å²) in [5, 5.41) is 12.7. The number of hydrogen-bond acceptors (Lipinski definition) is 4. The number of rotatable bonds is 6. The van der Waals surface area contributed by atoms with Gasteiger partial charge in [0, 0.05) is 68.4 Å². The SMILES string of the molecule is CC1(C)c2ccccc2-c2c(N(c3ccc4ccc5c(N(c6cccc7c6-c6ccccc6C7(C)C)c6cccc7sc8ccccc8c67)ccc6ccc3c4c65)c3cccc4c3sc3ccccc34)cccc21. The van der Waals surface area contributed by atoms with Crippen molar-refractivity contribution in [3.8, 4) is 22.3 Å². The van der Waals surface area contributed by atoms with Crippen LogP contribution >= 0.6 is 22.7 Å². The molecule has 12 aromatic carbocycles. The maximum absolute atomic E-state index is 2.62. The first-order valence-electron chi connectivity index (χ1n) is 25.8. The van der Waals surface area contributed by atoms with Gasteiger partial charge in [0.15, 0.2) is 0 Å². The summed E-state index contributed by atoms with van der Waals surface area (Å²) in [5.74, 6) is 0. The molecule has 0 N–H and O–H groups in total. The first-order chi connectivity index (χ1) is 36.3. The van der Waals surface area contributed by atoms with E-state index in [0.29, 0.717) is 0 Å². The zero-order chi connectivity index (χ0) is 49.2. The smallest absolute Gasteiger partial charge is 0.0640 e. The lowest BCUT2D eigenvalue weighted by molar-refractivity contribution is 0.660. The van der Waals surface area contributed by atoms with Crippen molar-refractivity contribution in [1.29, 1.82) is 0 Å². The summed E-state index contributed by atoms with van der Waals surface area (Å²) in [5.41, 5.74) is 17.5. The minimum Gasteiger partial charge on any atom is -0.309 e. The van der Waals surface area contributed by atoms with Gasteiger partial charge in [0.2, 0.25) is 0 Å². The fraction of sp³-hybridized carbons (Fsp3) is 0.0857. The Morgan fingerprint density at radius 3 is 1.34 bits per heavy atom. The highest BCUT2D eigenvalue weighted by atomic mass is 32.1. The zero-order valence-corrected chi connectivity index (χ0v) is 43.1. The fourth-order valence-corrected chi connectivity index (χ4v) is 16.0. The molecule has 74 heavy (non-hydrogen) atoms. The number of benzene rings is 12. The van der Waals surface area contributed by atoms with Crippen molar-refractivity contribution in [3.63, 3.8) is 0 Å². The lowest BCUT2D eigenvalue weighted by Crippen LogP contribution is -2.16. The molecule has 0 aliphatic heterocycles. The summed E-state index contributed by atoms with van der Waals surface area (Å²) in [6, 6.07) is 82.9. The largest absolute Gasteiger partial charge is 0.309 e. The summed E-state index contributed by atoms with van der Waals surface area (Å²) in [6.45, 7) is 9.56. The van der Waals surface area contributed by atoms with E-state index in [4.69, 9.17) is 0 Å². The van der Waals surface area contributed by atoms with E-state index < -0.39 is 0 Å². The standard InChI is InChI=1S/C70H48N2S2/c1-69(2)50-22-9-5-18-45(50)65-52(69)24-14-26-56(65)71(58-28-16-32-62-67(58)49-20-8-12-31-61(49)73-62)54-39-35-41-34-38-48-55(40-36-42-33-37-47(54)63(41)64(42)48)72(59-29-13-21-44-43-17-7-11-30-60(43)74-68(44)59)57-27-15-25-53-66(57)46-19-6-10-23-51(46)70(53,3)4/h5-40H,1-4H3. The second-order valence-electron chi connectivity index (χ2n) is 21.5. The maximum Gasteiger partial charge on any atom is 0.0640 e. The monoisotopic (exact) mass is 980 g/mol. The third kappa shape index (κ3) is 5.59. The Morgan fingerprint density at radius 1 is 0.284 bits per heavy atom. The van der Waals surface area contributed by atoms with Gasteiger partial charge in [-0.1, -0.05) is 191 Å². The minimum absolute atomic E-state index is 0.154. The van der Waals surface area contributed by atoms with Crippen LogP contribution in [0.15, 0.2) is 218 Å². The van der Waals surface area contributed by atoms with Gasteiger partial charge < -0.3 is 9.80 Å². The van der Waals surface area contributed by atoms with Crippen LogP contribution < -0.4 is 9.80 Å². The summed E-state index contributed by atoms with van der Waals surface area (Å²) in [6.07, 6.45) is 0. The average Bonchev–Trinajstić information content (AvgIpc) is 4.15. The van der Waals surface area contributed by atoms with Crippen LogP contribution in [0.4, 0.5) is 34.1 Å². The van der Waals surface area contributed by atoms with Crippen molar-refractivity contribution in [1.82, 2.24) is 0 Å². The highest BCUT2D eigenvalue weighted by Gasteiger charge is 2.40. The summed E-state index contributed by atoms with van der Waals surface area (Å²) in [7, 11) is 0. The lowest BCUT2D eigenvalue weighted by atomic mass is 9.82. The Hall–Kier alpha value is -8.28. The molecule has 2 nitrogen and oxygen atoms in total. The van der Waals surface area contributed by atoms with Gasteiger partial charge in [0.05, 0.1) is 38.8 Å². The van der Waals surface area contributed by atoms with Gasteiger partial charge in [-0.3, -0.25) is 0 Å². The average molecular weight is 981 g/mol. The molecule has 0 spiro atoms. The van der Waals surface area contributed by atoms with E-state index in [-0.39, 0.29) is 10.8 Å². The molecule has 0 atom stereocenters. The summed E-state index contributed by atoms with van der Waals surface area (Å²) < 4.78 is 5.18. The molecule has 0 bridgehead atoms. The molecule has 0 saturated heterocycles. The molecule has 0 fully saturated rings. The molecule has 4 heteroatoms. The molecule has 0 radical (unpaired) electrons. The van der Waals surface area contributed by atoms with Crippen LogP contribution in [-0.4, -0.2) is 0 Å². The predicted octanol–water partition coefficient (Wildman–Crippen LogP) is 20.9. The van der Waals surface area contributed by atoms with E-state index in [1.165, 1.54) is 151 Å². The van der Waals surface area contributed by atoms with Crippen molar-refractivity contribution >= 4 is 129 Å². The van der Waals surface area contributed by atoms with E-state index in [1.807, 2.05) is 22.7 Å². The Morgan fingerprint density at radius 2 is 0.716 bits per heavy atom. The van der Waals surface area contributed by atoms with Gasteiger partial charge in [-0.15, -0.1) is 22.7 Å². The predicted molar refractivity (Wildman–Crippen MR) is 320 cm³/mol. The highest BCUT2D eigenvalue weighted by molar-refractivity contribution is 7.26. The fourth-order valence-electron chi connectivity index (χ4n) is 13.6. The second kappa shape index (κ2) is 15.1. The molecule has 0 amide bonds. The third-order valence-electron chi connectivity index (χ3n) is 17.0. The second-order valence-corrected chi connectivity index (χ2v) is 23.6. The first kappa shape index (κ1) is 42.2. The summed E-state index contributed by atoms with van der Waals surface area (Å²) in [4.78, 5) is 5.23. The van der Waals surface area contributed by atoms with Crippen LogP contribution in [0.3, 0.4) is 0 Å². The summed E-state index contributed by atoms with van der Waals surface area (Å²) >= 11 is 3.78. The third-order valence-corrected chi connectivity index (χ3v) is 19.3. The zero-order valence-electron chi connectivity index (χ0n) is 41.5. The van der Waals surface area contributed by atoms with Crippen molar-refractivity contribution in [2.45, 2.75) is 38.5 Å². The molecule has 14 aromatic rings. The van der Waals surface area contributed by atoms with E-state index in [1.54, 1.807) is 0 Å². The van der Waals surface area contributed by atoms with E-state index >= 15 is 0 Å². The molecule has 0 unspecified atom stereocenters. The van der Waals surface area contributed by atoms with Crippen molar-refractivity contribution in [2.75, 3.05) is 9.80 Å². The van der Waals surface area contributed by atoms with Gasteiger partial charge in [0.25, 0.3) is 0 Å². The van der Waals surface area contributed by atoms with Crippen LogP contribution in [0.5, 0.6) is 0 Å². The number of thiophene rings is 2. The van der Waals surface area contributed by atoms with Gasteiger partial charge in [-0.25, -0.2) is 0 Å². The molecule has 0 saturated carbocycles. The molecule has 16 rings (SSSR count). The minimum atomic E-state index is -0.156. The van der Waals surface area contributed by atoms with Crippen LogP contribution in [0.1, 0.15) is 49.9 Å². The topological polar surface area (TPSA) is 6.48 Å². The molecule has 2 aliphatic carbocycles. The molecular weight excluding hydrogens is 933 g/mol. The maximum atomic E-state index is 2.62. The molecular formula is C70H48N2S2. The normalized spacial score (nSPS) is 14.2. The highest BCUT2D eigenvalue weighted by Crippen LogP contribution is 2.59. The van der Waals surface area contributed by atoms with Crippen LogP contribution in [0.2, 0.25) is 0 Å². The molecule has 2 heterocycles. The quantitative estimate of drug-likeness (QED) is 0.153. The molecule has 2 aromatic heterocycles. The van der Waals surface area contributed by atoms with Gasteiger partial charge in [0.1, 0.15) is 0 Å². The van der Waals surface area contributed by atoms with Crippen LogP contribution in [-0.2, 0) is 10.8 Å².